The molecule has 0 amide bonds. The molecule has 0 heterocycles. The third-order valence-electron chi connectivity index (χ3n) is 4.13. The first-order valence-electron chi connectivity index (χ1n) is 8.01. The monoisotopic (exact) mass is 282 g/mol. The largest absolute Gasteiger partial charge is 0.299 e. The van der Waals surface area contributed by atoms with Crippen molar-refractivity contribution in [3.63, 3.8) is 0 Å². The standard InChI is InChI=1S/C17H30O3/c1-5-13(6-2)9-15(18)11-17(20)12-16(19)10-14(7-3)8-4/h13-14H,5-12H2,1-4H3. The highest BCUT2D eigenvalue weighted by Crippen LogP contribution is 2.16. The van der Waals surface area contributed by atoms with E-state index in [1.807, 2.05) is 0 Å². The molecule has 0 N–H and O–H groups in total. The fraction of sp³-hybridized carbons (Fsp3) is 0.824. The van der Waals surface area contributed by atoms with Gasteiger partial charge in [-0.15, -0.1) is 0 Å². The number of hydrogen-bond donors (Lipinski definition) is 0. The van der Waals surface area contributed by atoms with Gasteiger partial charge in [-0.25, -0.2) is 0 Å². The third kappa shape index (κ3) is 8.23. The second-order valence-electron chi connectivity index (χ2n) is 5.74. The Bertz CT molecular complexity index is 282. The lowest BCUT2D eigenvalue weighted by atomic mass is 9.92. The molecule has 116 valence electrons. The molecule has 0 saturated carbocycles. The van der Waals surface area contributed by atoms with Gasteiger partial charge >= 0.3 is 0 Å². The summed E-state index contributed by atoms with van der Waals surface area (Å²) in [6.45, 7) is 8.23. The zero-order valence-corrected chi connectivity index (χ0v) is 13.5. The van der Waals surface area contributed by atoms with Crippen LogP contribution >= 0.6 is 0 Å². The van der Waals surface area contributed by atoms with E-state index in [1.54, 1.807) is 0 Å². The molecule has 0 rings (SSSR count). The molecular formula is C17H30O3. The van der Waals surface area contributed by atoms with Gasteiger partial charge in [0.05, 0.1) is 12.8 Å². The molecule has 3 nitrogen and oxygen atoms in total. The van der Waals surface area contributed by atoms with Crippen LogP contribution in [0.4, 0.5) is 0 Å². The van der Waals surface area contributed by atoms with Crippen LogP contribution in [0.2, 0.25) is 0 Å². The van der Waals surface area contributed by atoms with Gasteiger partial charge < -0.3 is 0 Å². The summed E-state index contributed by atoms with van der Waals surface area (Å²) >= 11 is 0. The number of hydrogen-bond acceptors (Lipinski definition) is 3. The minimum absolute atomic E-state index is 0.0148. The zero-order valence-electron chi connectivity index (χ0n) is 13.5. The number of carbonyl (C=O) groups is 3. The van der Waals surface area contributed by atoms with Crippen LogP contribution in [0.1, 0.15) is 79.1 Å². The number of ketones is 3. The highest BCUT2D eigenvalue weighted by Gasteiger charge is 2.18. The maximum atomic E-state index is 11.8. The Labute approximate surface area is 123 Å². The van der Waals surface area contributed by atoms with Crippen molar-refractivity contribution in [2.75, 3.05) is 0 Å². The van der Waals surface area contributed by atoms with Gasteiger partial charge in [-0.1, -0.05) is 53.4 Å². The topological polar surface area (TPSA) is 51.2 Å². The Kier molecular flexibility index (Phi) is 10.2. The predicted octanol–water partition coefficient (Wildman–Crippen LogP) is 4.13. The minimum Gasteiger partial charge on any atom is -0.299 e. The van der Waals surface area contributed by atoms with Crippen molar-refractivity contribution < 1.29 is 14.4 Å². The normalized spacial score (nSPS) is 11.1. The molecule has 0 aliphatic heterocycles. The lowest BCUT2D eigenvalue weighted by molar-refractivity contribution is -0.130. The second kappa shape index (κ2) is 10.8. The fourth-order valence-corrected chi connectivity index (χ4v) is 2.45. The van der Waals surface area contributed by atoms with E-state index in [0.717, 1.165) is 25.7 Å². The number of carbonyl (C=O) groups excluding carboxylic acids is 3. The van der Waals surface area contributed by atoms with Crippen LogP contribution < -0.4 is 0 Å². The first kappa shape index (κ1) is 19.0. The van der Waals surface area contributed by atoms with Crippen molar-refractivity contribution in [1.82, 2.24) is 0 Å². The average molecular weight is 282 g/mol. The minimum atomic E-state index is -0.211. The first-order valence-corrected chi connectivity index (χ1v) is 8.01. The van der Waals surface area contributed by atoms with E-state index in [4.69, 9.17) is 0 Å². The number of rotatable bonds is 12. The summed E-state index contributed by atoms with van der Waals surface area (Å²) in [6.07, 6.45) is 4.66. The van der Waals surface area contributed by atoms with Gasteiger partial charge in [0.25, 0.3) is 0 Å². The van der Waals surface area contributed by atoms with Crippen molar-refractivity contribution in [3.05, 3.63) is 0 Å². The van der Waals surface area contributed by atoms with Crippen LogP contribution in [-0.4, -0.2) is 17.3 Å². The van der Waals surface area contributed by atoms with E-state index in [-0.39, 0.29) is 30.2 Å². The van der Waals surface area contributed by atoms with E-state index in [0.29, 0.717) is 24.7 Å². The maximum Gasteiger partial charge on any atom is 0.147 e. The molecule has 0 aliphatic rings. The second-order valence-corrected chi connectivity index (χ2v) is 5.74. The molecule has 0 bridgehead atoms. The van der Waals surface area contributed by atoms with Crippen LogP contribution in [-0.2, 0) is 14.4 Å². The van der Waals surface area contributed by atoms with Crippen molar-refractivity contribution in [1.29, 1.82) is 0 Å². The van der Waals surface area contributed by atoms with Crippen LogP contribution in [0.5, 0.6) is 0 Å². The van der Waals surface area contributed by atoms with E-state index in [2.05, 4.69) is 27.7 Å². The van der Waals surface area contributed by atoms with E-state index in [9.17, 15) is 14.4 Å². The number of Topliss-reactive ketones (excluding diaryl/α,β-unsaturated/α-hetero) is 3. The lowest BCUT2D eigenvalue weighted by Crippen LogP contribution is -2.16. The third-order valence-corrected chi connectivity index (χ3v) is 4.13. The average Bonchev–Trinajstić information content (AvgIpc) is 2.41. The highest BCUT2D eigenvalue weighted by atomic mass is 16.2. The molecule has 0 aromatic heterocycles. The lowest BCUT2D eigenvalue weighted by Gasteiger charge is -2.11. The zero-order chi connectivity index (χ0) is 15.5. The van der Waals surface area contributed by atoms with Crippen LogP contribution in [0.15, 0.2) is 0 Å². The van der Waals surface area contributed by atoms with Crippen molar-refractivity contribution in [2.24, 2.45) is 11.8 Å². The Morgan fingerprint density at radius 1 is 0.600 bits per heavy atom. The Balaban J connectivity index is 4.09. The molecule has 0 aliphatic carbocycles. The van der Waals surface area contributed by atoms with Crippen LogP contribution in [0, 0.1) is 11.8 Å². The molecule has 0 spiro atoms. The van der Waals surface area contributed by atoms with Gasteiger partial charge in [0, 0.05) is 12.8 Å². The molecule has 0 fully saturated rings. The fourth-order valence-electron chi connectivity index (χ4n) is 2.45. The maximum absolute atomic E-state index is 11.8. The summed E-state index contributed by atoms with van der Waals surface area (Å²) in [5.41, 5.74) is 0. The van der Waals surface area contributed by atoms with Crippen LogP contribution in [0.25, 0.3) is 0 Å². The van der Waals surface area contributed by atoms with Gasteiger partial charge in [-0.2, -0.15) is 0 Å². The molecule has 0 saturated heterocycles. The highest BCUT2D eigenvalue weighted by molar-refractivity contribution is 6.07. The molecule has 0 unspecified atom stereocenters. The molecule has 0 aromatic rings. The molecule has 20 heavy (non-hydrogen) atoms. The molecular weight excluding hydrogens is 252 g/mol. The summed E-state index contributed by atoms with van der Waals surface area (Å²) in [6, 6.07) is 0. The quantitative estimate of drug-likeness (QED) is 0.506. The van der Waals surface area contributed by atoms with E-state index < -0.39 is 0 Å². The summed E-state index contributed by atoms with van der Waals surface area (Å²) in [7, 11) is 0. The van der Waals surface area contributed by atoms with Crippen molar-refractivity contribution >= 4 is 17.3 Å². The predicted molar refractivity (Wildman–Crippen MR) is 81.6 cm³/mol. The smallest absolute Gasteiger partial charge is 0.147 e. The Hall–Kier alpha value is -0.990. The van der Waals surface area contributed by atoms with Gasteiger partial charge in [0.1, 0.15) is 17.3 Å². The Morgan fingerprint density at radius 2 is 0.900 bits per heavy atom. The van der Waals surface area contributed by atoms with E-state index >= 15 is 0 Å². The van der Waals surface area contributed by atoms with Gasteiger partial charge in [-0.05, 0) is 11.8 Å². The summed E-state index contributed by atoms with van der Waals surface area (Å²) in [5, 5.41) is 0. The molecule has 0 aromatic carbocycles. The summed E-state index contributed by atoms with van der Waals surface area (Å²) in [5.74, 6) is 0.501. The Morgan fingerprint density at radius 3 is 1.15 bits per heavy atom. The van der Waals surface area contributed by atoms with Crippen molar-refractivity contribution in [3.8, 4) is 0 Å². The van der Waals surface area contributed by atoms with E-state index in [1.165, 1.54) is 0 Å². The molecule has 0 radical (unpaired) electrons. The van der Waals surface area contributed by atoms with Gasteiger partial charge in [0.2, 0.25) is 0 Å². The van der Waals surface area contributed by atoms with Gasteiger partial charge in [0.15, 0.2) is 0 Å². The molecule has 0 atom stereocenters. The SMILES string of the molecule is CCC(CC)CC(=O)CC(=O)CC(=O)CC(CC)CC. The molecule has 3 heteroatoms. The summed E-state index contributed by atoms with van der Waals surface area (Å²) in [4.78, 5) is 35.3. The van der Waals surface area contributed by atoms with Crippen molar-refractivity contribution in [2.45, 2.75) is 79.1 Å². The summed E-state index contributed by atoms with van der Waals surface area (Å²) < 4.78 is 0. The first-order chi connectivity index (χ1) is 9.46. The van der Waals surface area contributed by atoms with Gasteiger partial charge in [-0.3, -0.25) is 14.4 Å². The van der Waals surface area contributed by atoms with Crippen LogP contribution in [0.3, 0.4) is 0 Å².